The van der Waals surface area contributed by atoms with E-state index in [2.05, 4.69) is 10.3 Å². The SMILES string of the molecule is Cc1csc(C(C)NC(=O)c2cc(F)c(F)cc2N)n1. The van der Waals surface area contributed by atoms with Gasteiger partial charge in [-0.05, 0) is 19.9 Å². The summed E-state index contributed by atoms with van der Waals surface area (Å²) in [5.74, 6) is -2.76. The van der Waals surface area contributed by atoms with Crippen LogP contribution in [0.3, 0.4) is 0 Å². The number of hydrogen-bond donors (Lipinski definition) is 2. The van der Waals surface area contributed by atoms with Crippen molar-refractivity contribution in [3.63, 3.8) is 0 Å². The molecular formula is C13H13F2N3OS. The number of carbonyl (C=O) groups is 1. The van der Waals surface area contributed by atoms with Gasteiger partial charge in [-0.25, -0.2) is 13.8 Å². The second-order valence-corrected chi connectivity index (χ2v) is 5.27. The maximum absolute atomic E-state index is 13.2. The Morgan fingerprint density at radius 3 is 2.65 bits per heavy atom. The highest BCUT2D eigenvalue weighted by atomic mass is 32.1. The fourth-order valence-electron chi connectivity index (χ4n) is 1.67. The van der Waals surface area contributed by atoms with Gasteiger partial charge in [-0.3, -0.25) is 4.79 Å². The molecule has 1 amide bonds. The molecule has 1 heterocycles. The molecule has 1 aromatic heterocycles. The monoisotopic (exact) mass is 297 g/mol. The number of nitrogens with zero attached hydrogens (tertiary/aromatic N) is 1. The average Bonchev–Trinajstić information content (AvgIpc) is 2.80. The molecule has 0 aliphatic carbocycles. The standard InChI is InChI=1S/C13H13F2N3OS/c1-6-5-20-13(17-6)7(2)18-12(19)8-3-9(14)10(15)4-11(8)16/h3-5,7H,16H2,1-2H3,(H,18,19). The second-order valence-electron chi connectivity index (χ2n) is 4.38. The lowest BCUT2D eigenvalue weighted by Gasteiger charge is -2.12. The van der Waals surface area contributed by atoms with Crippen molar-refractivity contribution in [3.05, 3.63) is 45.4 Å². The van der Waals surface area contributed by atoms with Gasteiger partial charge in [-0.15, -0.1) is 11.3 Å². The molecule has 106 valence electrons. The highest BCUT2D eigenvalue weighted by Crippen LogP contribution is 2.20. The fourth-order valence-corrected chi connectivity index (χ4v) is 2.47. The van der Waals surface area contributed by atoms with Crippen LogP contribution in [0.15, 0.2) is 17.5 Å². The number of benzene rings is 1. The first-order chi connectivity index (χ1) is 9.38. The summed E-state index contributed by atoms with van der Waals surface area (Å²) < 4.78 is 26.1. The number of halogens is 2. The van der Waals surface area contributed by atoms with Crippen LogP contribution < -0.4 is 11.1 Å². The maximum Gasteiger partial charge on any atom is 0.254 e. The molecule has 0 saturated heterocycles. The third kappa shape index (κ3) is 2.93. The summed E-state index contributed by atoms with van der Waals surface area (Å²) in [6, 6.07) is 1.25. The third-order valence-corrected chi connectivity index (χ3v) is 3.84. The number of amides is 1. The van der Waals surface area contributed by atoms with Crippen molar-refractivity contribution in [1.82, 2.24) is 10.3 Å². The molecule has 0 fully saturated rings. The number of nitrogens with one attached hydrogen (secondary N) is 1. The summed E-state index contributed by atoms with van der Waals surface area (Å²) in [6.07, 6.45) is 0. The van der Waals surface area contributed by atoms with E-state index in [1.165, 1.54) is 11.3 Å². The number of anilines is 1. The molecule has 2 rings (SSSR count). The van der Waals surface area contributed by atoms with E-state index in [-0.39, 0.29) is 17.3 Å². The van der Waals surface area contributed by atoms with Crippen molar-refractivity contribution >= 4 is 22.9 Å². The molecule has 0 saturated carbocycles. The van der Waals surface area contributed by atoms with Gasteiger partial charge in [0.2, 0.25) is 0 Å². The molecule has 1 unspecified atom stereocenters. The Labute approximate surface area is 118 Å². The number of nitrogen functional groups attached to an aromatic ring is 1. The molecule has 0 bridgehead atoms. The minimum Gasteiger partial charge on any atom is -0.398 e. The van der Waals surface area contributed by atoms with Crippen LogP contribution in [0.5, 0.6) is 0 Å². The predicted octanol–water partition coefficient (Wildman–Crippen LogP) is 2.80. The van der Waals surface area contributed by atoms with Crippen LogP contribution >= 0.6 is 11.3 Å². The van der Waals surface area contributed by atoms with E-state index >= 15 is 0 Å². The second kappa shape index (κ2) is 5.54. The first-order valence-corrected chi connectivity index (χ1v) is 6.74. The summed E-state index contributed by atoms with van der Waals surface area (Å²) in [5, 5.41) is 5.25. The smallest absolute Gasteiger partial charge is 0.254 e. The van der Waals surface area contributed by atoms with Gasteiger partial charge < -0.3 is 11.1 Å². The fraction of sp³-hybridized carbons (Fsp3) is 0.231. The van der Waals surface area contributed by atoms with Gasteiger partial charge in [-0.1, -0.05) is 0 Å². The summed E-state index contributed by atoms with van der Waals surface area (Å²) in [4.78, 5) is 16.3. The molecule has 0 radical (unpaired) electrons. The number of thiazole rings is 1. The largest absolute Gasteiger partial charge is 0.398 e. The van der Waals surface area contributed by atoms with Crippen LogP contribution in [0, 0.1) is 18.6 Å². The first kappa shape index (κ1) is 14.4. The average molecular weight is 297 g/mol. The van der Waals surface area contributed by atoms with E-state index in [0.717, 1.165) is 22.8 Å². The normalized spacial score (nSPS) is 12.2. The highest BCUT2D eigenvalue weighted by Gasteiger charge is 2.18. The molecule has 1 atom stereocenters. The number of rotatable bonds is 3. The molecule has 0 aliphatic heterocycles. The van der Waals surface area contributed by atoms with E-state index in [0.29, 0.717) is 0 Å². The van der Waals surface area contributed by atoms with Gasteiger partial charge in [0.25, 0.3) is 5.91 Å². The van der Waals surface area contributed by atoms with E-state index in [1.807, 2.05) is 12.3 Å². The van der Waals surface area contributed by atoms with E-state index < -0.39 is 17.5 Å². The van der Waals surface area contributed by atoms with Crippen LogP contribution in [0.4, 0.5) is 14.5 Å². The Bertz CT molecular complexity index is 657. The van der Waals surface area contributed by atoms with Crippen LogP contribution in [0.1, 0.15) is 34.0 Å². The summed E-state index contributed by atoms with van der Waals surface area (Å²) >= 11 is 1.41. The van der Waals surface area contributed by atoms with Crippen molar-refractivity contribution in [2.45, 2.75) is 19.9 Å². The number of aromatic nitrogens is 1. The Morgan fingerprint density at radius 1 is 1.40 bits per heavy atom. The predicted molar refractivity (Wildman–Crippen MR) is 73.5 cm³/mol. The van der Waals surface area contributed by atoms with Crippen molar-refractivity contribution in [1.29, 1.82) is 0 Å². The quantitative estimate of drug-likeness (QED) is 0.856. The van der Waals surface area contributed by atoms with Gasteiger partial charge in [0, 0.05) is 22.8 Å². The van der Waals surface area contributed by atoms with Crippen LogP contribution in [0.2, 0.25) is 0 Å². The number of hydrogen-bond acceptors (Lipinski definition) is 4. The van der Waals surface area contributed by atoms with E-state index in [1.54, 1.807) is 6.92 Å². The molecular weight excluding hydrogens is 284 g/mol. The number of aryl methyl sites for hydroxylation is 1. The van der Waals surface area contributed by atoms with Crippen molar-refractivity contribution in [2.75, 3.05) is 5.73 Å². The minimum atomic E-state index is -1.11. The Hall–Kier alpha value is -2.02. The molecule has 4 nitrogen and oxygen atoms in total. The maximum atomic E-state index is 13.2. The Morgan fingerprint density at radius 2 is 2.05 bits per heavy atom. The molecule has 7 heteroatoms. The lowest BCUT2D eigenvalue weighted by Crippen LogP contribution is -2.27. The van der Waals surface area contributed by atoms with Crippen LogP contribution in [-0.4, -0.2) is 10.9 Å². The lowest BCUT2D eigenvalue weighted by molar-refractivity contribution is 0.0940. The summed E-state index contributed by atoms with van der Waals surface area (Å²) in [5.41, 5.74) is 6.19. The molecule has 20 heavy (non-hydrogen) atoms. The van der Waals surface area contributed by atoms with Crippen LogP contribution in [-0.2, 0) is 0 Å². The molecule has 3 N–H and O–H groups in total. The van der Waals surface area contributed by atoms with Gasteiger partial charge in [0.1, 0.15) is 5.01 Å². The van der Waals surface area contributed by atoms with E-state index in [4.69, 9.17) is 5.73 Å². The number of carbonyl (C=O) groups excluding carboxylic acids is 1. The third-order valence-electron chi connectivity index (χ3n) is 2.69. The lowest BCUT2D eigenvalue weighted by atomic mass is 10.1. The van der Waals surface area contributed by atoms with Gasteiger partial charge in [-0.2, -0.15) is 0 Å². The van der Waals surface area contributed by atoms with E-state index in [9.17, 15) is 13.6 Å². The van der Waals surface area contributed by atoms with Crippen molar-refractivity contribution in [2.24, 2.45) is 0 Å². The topological polar surface area (TPSA) is 68.0 Å². The summed E-state index contributed by atoms with van der Waals surface area (Å²) in [7, 11) is 0. The minimum absolute atomic E-state index is 0.0935. The summed E-state index contributed by atoms with van der Waals surface area (Å²) in [6.45, 7) is 3.61. The zero-order valence-electron chi connectivity index (χ0n) is 10.9. The zero-order chi connectivity index (χ0) is 14.9. The zero-order valence-corrected chi connectivity index (χ0v) is 11.7. The molecule has 0 aliphatic rings. The number of nitrogens with two attached hydrogens (primary N) is 1. The Kier molecular flexibility index (Phi) is 3.99. The van der Waals surface area contributed by atoms with Gasteiger partial charge in [0.05, 0.1) is 11.6 Å². The first-order valence-electron chi connectivity index (χ1n) is 5.86. The Balaban J connectivity index is 2.18. The molecule has 0 spiro atoms. The van der Waals surface area contributed by atoms with Crippen molar-refractivity contribution in [3.8, 4) is 0 Å². The highest BCUT2D eigenvalue weighted by molar-refractivity contribution is 7.09. The molecule has 2 aromatic rings. The van der Waals surface area contributed by atoms with Crippen molar-refractivity contribution < 1.29 is 13.6 Å². The van der Waals surface area contributed by atoms with Crippen LogP contribution in [0.25, 0.3) is 0 Å². The van der Waals surface area contributed by atoms with Gasteiger partial charge >= 0.3 is 0 Å². The van der Waals surface area contributed by atoms with Gasteiger partial charge in [0.15, 0.2) is 11.6 Å². The molecule has 1 aromatic carbocycles.